The van der Waals surface area contributed by atoms with Gasteiger partial charge in [-0.1, -0.05) is 36.4 Å². The van der Waals surface area contributed by atoms with Crippen molar-refractivity contribution in [1.82, 2.24) is 14.5 Å². The summed E-state index contributed by atoms with van der Waals surface area (Å²) in [7, 11) is 3.33. The van der Waals surface area contributed by atoms with Gasteiger partial charge in [-0.3, -0.25) is 19.0 Å². The van der Waals surface area contributed by atoms with Crippen LogP contribution in [0.5, 0.6) is 0 Å². The molecule has 4 aromatic rings. The van der Waals surface area contributed by atoms with Crippen molar-refractivity contribution < 1.29 is 9.59 Å². The highest BCUT2D eigenvalue weighted by molar-refractivity contribution is 7.22. The second-order valence-electron chi connectivity index (χ2n) is 7.20. The maximum absolute atomic E-state index is 12.9. The Morgan fingerprint density at radius 2 is 1.84 bits per heavy atom. The summed E-state index contributed by atoms with van der Waals surface area (Å²) in [6.45, 7) is -0.174. The molecule has 2 heterocycles. The zero-order chi connectivity index (χ0) is 22.0. The van der Waals surface area contributed by atoms with Crippen molar-refractivity contribution in [2.24, 2.45) is 0 Å². The maximum atomic E-state index is 12.9. The number of aromatic nitrogens is 2. The Balaban J connectivity index is 1.54. The van der Waals surface area contributed by atoms with E-state index in [1.165, 1.54) is 27.1 Å². The van der Waals surface area contributed by atoms with Gasteiger partial charge in [-0.15, -0.1) is 11.3 Å². The molecule has 0 spiro atoms. The van der Waals surface area contributed by atoms with E-state index in [1.54, 1.807) is 38.4 Å². The molecule has 0 bridgehead atoms. The predicted octanol–water partition coefficient (Wildman–Crippen LogP) is 3.47. The van der Waals surface area contributed by atoms with Crippen LogP contribution in [0.2, 0.25) is 0 Å². The Bertz CT molecular complexity index is 1330. The summed E-state index contributed by atoms with van der Waals surface area (Å²) in [5.74, 6) is -0.536. The normalized spacial score (nSPS) is 10.8. The number of nitrogens with zero attached hydrogens (tertiary/aromatic N) is 3. The first-order chi connectivity index (χ1) is 14.9. The summed E-state index contributed by atoms with van der Waals surface area (Å²) in [5.41, 5.74) is 2.32. The van der Waals surface area contributed by atoms with Gasteiger partial charge in [0.25, 0.3) is 11.5 Å². The molecule has 0 aliphatic carbocycles. The number of hydrogen-bond acceptors (Lipinski definition) is 5. The van der Waals surface area contributed by atoms with Crippen LogP contribution in [-0.4, -0.2) is 40.4 Å². The van der Waals surface area contributed by atoms with E-state index in [0.717, 1.165) is 10.4 Å². The van der Waals surface area contributed by atoms with Crippen LogP contribution in [0.4, 0.5) is 5.69 Å². The molecule has 2 amide bonds. The lowest BCUT2D eigenvalue weighted by atomic mass is 10.2. The average Bonchev–Trinajstić information content (AvgIpc) is 3.21. The molecule has 2 aromatic heterocycles. The summed E-state index contributed by atoms with van der Waals surface area (Å²) in [6.07, 6.45) is 1.39. The highest BCUT2D eigenvalue weighted by Gasteiger charge is 2.13. The molecule has 31 heavy (non-hydrogen) atoms. The maximum Gasteiger partial charge on any atom is 0.271 e. The van der Waals surface area contributed by atoms with Gasteiger partial charge in [0.15, 0.2) is 0 Å². The van der Waals surface area contributed by atoms with Crippen LogP contribution in [0.3, 0.4) is 0 Å². The standard InChI is InChI=1S/C23H20N4O3S/c1-26(2)22(29)16-9-6-10-17(11-16)25-20(28)13-27-14-24-18-12-19(31-21(18)23(27)30)15-7-4-3-5-8-15/h3-12,14H,13H2,1-2H3,(H,25,28). The highest BCUT2D eigenvalue weighted by atomic mass is 32.1. The molecule has 0 aliphatic heterocycles. The van der Waals surface area contributed by atoms with E-state index >= 15 is 0 Å². The van der Waals surface area contributed by atoms with E-state index < -0.39 is 0 Å². The average molecular weight is 433 g/mol. The molecular weight excluding hydrogens is 412 g/mol. The summed E-state index contributed by atoms with van der Waals surface area (Å²) in [5, 5.41) is 2.74. The molecule has 2 aromatic carbocycles. The second kappa shape index (κ2) is 8.53. The highest BCUT2D eigenvalue weighted by Crippen LogP contribution is 2.30. The SMILES string of the molecule is CN(C)C(=O)c1cccc(NC(=O)Cn2cnc3cc(-c4ccccc4)sc3c2=O)c1. The molecule has 0 aliphatic rings. The van der Waals surface area contributed by atoms with E-state index in [4.69, 9.17) is 0 Å². The Hall–Kier alpha value is -3.78. The minimum atomic E-state index is -0.377. The minimum Gasteiger partial charge on any atom is -0.345 e. The number of carbonyl (C=O) groups excluding carboxylic acids is 2. The van der Waals surface area contributed by atoms with Crippen LogP contribution in [-0.2, 0) is 11.3 Å². The number of hydrogen-bond donors (Lipinski definition) is 1. The first-order valence-electron chi connectivity index (χ1n) is 9.58. The first-order valence-corrected chi connectivity index (χ1v) is 10.4. The number of fused-ring (bicyclic) bond motifs is 1. The molecule has 4 rings (SSSR count). The topological polar surface area (TPSA) is 84.3 Å². The molecule has 156 valence electrons. The van der Waals surface area contributed by atoms with Crippen molar-refractivity contribution in [2.75, 3.05) is 19.4 Å². The van der Waals surface area contributed by atoms with Gasteiger partial charge in [0, 0.05) is 30.2 Å². The molecular formula is C23H20N4O3S. The van der Waals surface area contributed by atoms with Gasteiger partial charge in [-0.25, -0.2) is 4.98 Å². The van der Waals surface area contributed by atoms with Gasteiger partial charge in [0.1, 0.15) is 11.2 Å². The number of thiophene rings is 1. The molecule has 0 fully saturated rings. The lowest BCUT2D eigenvalue weighted by molar-refractivity contribution is -0.116. The van der Waals surface area contributed by atoms with Gasteiger partial charge in [0.05, 0.1) is 11.8 Å². The zero-order valence-corrected chi connectivity index (χ0v) is 17.8. The number of anilines is 1. The fourth-order valence-corrected chi connectivity index (χ4v) is 4.21. The van der Waals surface area contributed by atoms with Crippen molar-refractivity contribution in [3.63, 3.8) is 0 Å². The van der Waals surface area contributed by atoms with Crippen molar-refractivity contribution in [2.45, 2.75) is 6.54 Å². The first kappa shape index (κ1) is 20.5. The largest absolute Gasteiger partial charge is 0.345 e. The van der Waals surface area contributed by atoms with E-state index in [-0.39, 0.29) is 23.9 Å². The minimum absolute atomic E-state index is 0.158. The molecule has 8 heteroatoms. The van der Waals surface area contributed by atoms with E-state index in [0.29, 0.717) is 21.5 Å². The van der Waals surface area contributed by atoms with Gasteiger partial charge in [0.2, 0.25) is 5.91 Å². The Morgan fingerprint density at radius 1 is 1.06 bits per heavy atom. The van der Waals surface area contributed by atoms with Gasteiger partial charge in [-0.2, -0.15) is 0 Å². The monoisotopic (exact) mass is 432 g/mol. The number of amides is 2. The summed E-state index contributed by atoms with van der Waals surface area (Å²) in [4.78, 5) is 44.3. The lowest BCUT2D eigenvalue weighted by Crippen LogP contribution is -2.27. The molecule has 1 N–H and O–H groups in total. The van der Waals surface area contributed by atoms with Crippen molar-refractivity contribution >= 4 is 39.1 Å². The van der Waals surface area contributed by atoms with Crippen LogP contribution in [0.15, 0.2) is 71.8 Å². The van der Waals surface area contributed by atoms with Crippen LogP contribution < -0.4 is 10.9 Å². The van der Waals surface area contributed by atoms with E-state index in [2.05, 4.69) is 10.3 Å². The summed E-state index contributed by atoms with van der Waals surface area (Å²) in [6, 6.07) is 18.3. The Labute approximate surface area is 182 Å². The molecule has 7 nitrogen and oxygen atoms in total. The molecule has 0 saturated carbocycles. The van der Waals surface area contributed by atoms with Crippen LogP contribution >= 0.6 is 11.3 Å². The molecule has 0 saturated heterocycles. The van der Waals surface area contributed by atoms with E-state index in [1.807, 2.05) is 36.4 Å². The fourth-order valence-electron chi connectivity index (χ4n) is 3.15. The third kappa shape index (κ3) is 4.39. The van der Waals surface area contributed by atoms with E-state index in [9.17, 15) is 14.4 Å². The Kier molecular flexibility index (Phi) is 5.64. The Morgan fingerprint density at radius 3 is 2.58 bits per heavy atom. The van der Waals surface area contributed by atoms with Crippen molar-refractivity contribution in [1.29, 1.82) is 0 Å². The number of carbonyl (C=O) groups is 2. The quantitative estimate of drug-likeness (QED) is 0.523. The van der Waals surface area contributed by atoms with Gasteiger partial charge in [-0.05, 0) is 29.8 Å². The van der Waals surface area contributed by atoms with Crippen LogP contribution in [0.25, 0.3) is 20.7 Å². The summed E-state index contributed by atoms with van der Waals surface area (Å²) < 4.78 is 1.80. The number of nitrogens with one attached hydrogen (secondary N) is 1. The molecule has 0 radical (unpaired) electrons. The zero-order valence-electron chi connectivity index (χ0n) is 17.0. The van der Waals surface area contributed by atoms with Gasteiger partial charge < -0.3 is 10.2 Å². The third-order valence-corrected chi connectivity index (χ3v) is 5.84. The second-order valence-corrected chi connectivity index (χ2v) is 8.25. The van der Waals surface area contributed by atoms with Crippen LogP contribution in [0.1, 0.15) is 10.4 Å². The lowest BCUT2D eigenvalue weighted by Gasteiger charge is -2.12. The van der Waals surface area contributed by atoms with Gasteiger partial charge >= 0.3 is 0 Å². The number of benzene rings is 2. The van der Waals surface area contributed by atoms with Crippen molar-refractivity contribution in [3.8, 4) is 10.4 Å². The smallest absolute Gasteiger partial charge is 0.271 e. The fraction of sp³-hybridized carbons (Fsp3) is 0.130. The predicted molar refractivity (Wildman–Crippen MR) is 122 cm³/mol. The van der Waals surface area contributed by atoms with Crippen LogP contribution in [0, 0.1) is 0 Å². The molecule has 0 unspecified atom stereocenters. The third-order valence-electron chi connectivity index (χ3n) is 4.68. The summed E-state index contributed by atoms with van der Waals surface area (Å²) >= 11 is 1.36. The number of rotatable bonds is 5. The molecule has 0 atom stereocenters. The van der Waals surface area contributed by atoms with Crippen molar-refractivity contribution in [3.05, 3.63) is 82.9 Å².